The molecule has 0 saturated heterocycles. The third kappa shape index (κ3) is 4.76. The van der Waals surface area contributed by atoms with Crippen LogP contribution in [0.1, 0.15) is 26.3 Å². The van der Waals surface area contributed by atoms with Gasteiger partial charge in [0.15, 0.2) is 0 Å². The first-order chi connectivity index (χ1) is 12.1. The summed E-state index contributed by atoms with van der Waals surface area (Å²) in [5.74, 6) is 0.843. The van der Waals surface area contributed by atoms with Gasteiger partial charge in [0.1, 0.15) is 17.5 Å². The lowest BCUT2D eigenvalue weighted by atomic mass is 10.1. The molecule has 0 spiro atoms. The maximum absolute atomic E-state index is 13.6. The van der Waals surface area contributed by atoms with Gasteiger partial charge in [-0.2, -0.15) is 0 Å². The molecule has 0 fully saturated rings. The number of ether oxygens (including phenoxy) is 1. The van der Waals surface area contributed by atoms with Crippen LogP contribution in [0.5, 0.6) is 0 Å². The molecule has 1 aromatic carbocycles. The molecule has 1 atom stereocenters. The molecule has 7 heteroatoms. The highest BCUT2D eigenvalue weighted by Crippen LogP contribution is 2.24. The lowest BCUT2D eigenvalue weighted by molar-refractivity contribution is -0.139. The Balaban J connectivity index is 2.31. The van der Waals surface area contributed by atoms with E-state index in [0.29, 0.717) is 16.5 Å². The van der Waals surface area contributed by atoms with Crippen LogP contribution in [0.25, 0.3) is 10.9 Å². The number of benzene rings is 1. The molecular weight excluding hydrogens is 339 g/mol. The SMILES string of the molecule is C#CCn1cc(C[C@H](NC(=O)OC(C)(C)C)C(=O)O)c2cc(F)ccc21. The van der Waals surface area contributed by atoms with Crippen molar-refractivity contribution >= 4 is 23.0 Å². The van der Waals surface area contributed by atoms with E-state index in [4.69, 9.17) is 11.2 Å². The normalized spacial score (nSPS) is 12.4. The van der Waals surface area contributed by atoms with Crippen LogP contribution in [-0.4, -0.2) is 33.4 Å². The number of rotatable bonds is 5. The minimum Gasteiger partial charge on any atom is -0.480 e. The second-order valence-corrected chi connectivity index (χ2v) is 6.89. The fraction of sp³-hybridized carbons (Fsp3) is 0.368. The van der Waals surface area contributed by atoms with Gasteiger partial charge in [0.2, 0.25) is 0 Å². The van der Waals surface area contributed by atoms with Gasteiger partial charge in [0, 0.05) is 23.5 Å². The Morgan fingerprint density at radius 1 is 1.42 bits per heavy atom. The molecule has 6 nitrogen and oxygen atoms in total. The number of nitrogens with one attached hydrogen (secondary N) is 1. The molecular formula is C19H21FN2O4. The Hall–Kier alpha value is -3.01. The molecule has 2 rings (SSSR count). The predicted molar refractivity (Wildman–Crippen MR) is 95.2 cm³/mol. The topological polar surface area (TPSA) is 80.6 Å². The maximum Gasteiger partial charge on any atom is 0.408 e. The van der Waals surface area contributed by atoms with E-state index in [2.05, 4.69) is 11.2 Å². The van der Waals surface area contributed by atoms with Crippen molar-refractivity contribution in [2.24, 2.45) is 0 Å². The third-order valence-electron chi connectivity index (χ3n) is 3.60. The number of alkyl carbamates (subject to hydrolysis) is 1. The van der Waals surface area contributed by atoms with E-state index >= 15 is 0 Å². The summed E-state index contributed by atoms with van der Waals surface area (Å²) in [6.45, 7) is 5.30. The Morgan fingerprint density at radius 2 is 2.12 bits per heavy atom. The summed E-state index contributed by atoms with van der Waals surface area (Å²) in [6.07, 6.45) is 6.16. The second kappa shape index (κ2) is 7.48. The summed E-state index contributed by atoms with van der Waals surface area (Å²) in [5.41, 5.74) is 0.512. The van der Waals surface area contributed by atoms with Crippen molar-refractivity contribution in [3.8, 4) is 12.3 Å². The molecule has 0 aliphatic carbocycles. The number of amides is 1. The number of carbonyl (C=O) groups excluding carboxylic acids is 1. The highest BCUT2D eigenvalue weighted by atomic mass is 19.1. The van der Waals surface area contributed by atoms with Crippen LogP contribution >= 0.6 is 0 Å². The molecule has 0 aliphatic rings. The molecule has 0 aliphatic heterocycles. The summed E-state index contributed by atoms with van der Waals surface area (Å²) in [4.78, 5) is 23.5. The minimum absolute atomic E-state index is 0.0356. The van der Waals surface area contributed by atoms with Gasteiger partial charge >= 0.3 is 12.1 Å². The number of carbonyl (C=O) groups is 2. The molecule has 1 aromatic heterocycles. The molecule has 0 bridgehead atoms. The van der Waals surface area contributed by atoms with Crippen molar-refractivity contribution in [3.63, 3.8) is 0 Å². The molecule has 1 heterocycles. The van der Waals surface area contributed by atoms with Gasteiger partial charge in [-0.05, 0) is 44.5 Å². The summed E-state index contributed by atoms with van der Waals surface area (Å²) < 4.78 is 20.5. The molecule has 2 N–H and O–H groups in total. The van der Waals surface area contributed by atoms with Gasteiger partial charge in [0.25, 0.3) is 0 Å². The molecule has 2 aromatic rings. The zero-order valence-electron chi connectivity index (χ0n) is 14.9. The number of hydrogen-bond donors (Lipinski definition) is 2. The summed E-state index contributed by atoms with van der Waals surface area (Å²) >= 11 is 0. The smallest absolute Gasteiger partial charge is 0.408 e. The van der Waals surface area contributed by atoms with Crippen LogP contribution < -0.4 is 5.32 Å². The quantitative estimate of drug-likeness (QED) is 0.804. The third-order valence-corrected chi connectivity index (χ3v) is 3.60. The predicted octanol–water partition coefficient (Wildman–Crippen LogP) is 2.93. The lowest BCUT2D eigenvalue weighted by Gasteiger charge is -2.22. The van der Waals surface area contributed by atoms with E-state index in [1.54, 1.807) is 37.6 Å². The van der Waals surface area contributed by atoms with E-state index in [-0.39, 0.29) is 13.0 Å². The number of aliphatic carboxylic acids is 1. The van der Waals surface area contributed by atoms with Crippen LogP contribution in [0.3, 0.4) is 0 Å². The van der Waals surface area contributed by atoms with Crippen molar-refractivity contribution in [1.29, 1.82) is 0 Å². The monoisotopic (exact) mass is 360 g/mol. The van der Waals surface area contributed by atoms with Crippen LogP contribution in [-0.2, 0) is 22.5 Å². The van der Waals surface area contributed by atoms with Crippen molar-refractivity contribution in [1.82, 2.24) is 9.88 Å². The van der Waals surface area contributed by atoms with Gasteiger partial charge in [-0.3, -0.25) is 0 Å². The van der Waals surface area contributed by atoms with Crippen LogP contribution in [0.4, 0.5) is 9.18 Å². The number of carboxylic acids is 1. The highest BCUT2D eigenvalue weighted by Gasteiger charge is 2.25. The number of halogens is 1. The van der Waals surface area contributed by atoms with Gasteiger partial charge in [-0.15, -0.1) is 6.42 Å². The average Bonchev–Trinajstić information content (AvgIpc) is 2.82. The number of terminal acetylenes is 1. The summed E-state index contributed by atoms with van der Waals surface area (Å²) in [5, 5.41) is 12.3. The van der Waals surface area contributed by atoms with Crippen LogP contribution in [0.15, 0.2) is 24.4 Å². The van der Waals surface area contributed by atoms with E-state index in [0.717, 1.165) is 0 Å². The van der Waals surface area contributed by atoms with E-state index in [9.17, 15) is 19.1 Å². The number of hydrogen-bond acceptors (Lipinski definition) is 3. The molecule has 0 radical (unpaired) electrons. The fourth-order valence-electron chi connectivity index (χ4n) is 2.60. The van der Waals surface area contributed by atoms with Crippen LogP contribution in [0, 0.1) is 18.2 Å². The first-order valence-corrected chi connectivity index (χ1v) is 8.04. The van der Waals surface area contributed by atoms with Crippen molar-refractivity contribution in [3.05, 3.63) is 35.8 Å². The number of fused-ring (bicyclic) bond motifs is 1. The Kier molecular flexibility index (Phi) is 5.56. The first-order valence-electron chi connectivity index (χ1n) is 8.04. The number of carboxylic acid groups (broad SMARTS) is 1. The van der Waals surface area contributed by atoms with Gasteiger partial charge in [-0.1, -0.05) is 5.92 Å². The lowest BCUT2D eigenvalue weighted by Crippen LogP contribution is -2.44. The van der Waals surface area contributed by atoms with Crippen molar-refractivity contribution < 1.29 is 23.8 Å². The maximum atomic E-state index is 13.6. The number of nitrogens with zero attached hydrogens (tertiary/aromatic N) is 1. The fourth-order valence-corrected chi connectivity index (χ4v) is 2.60. The zero-order valence-corrected chi connectivity index (χ0v) is 14.9. The summed E-state index contributed by atoms with van der Waals surface area (Å²) in [6, 6.07) is 3.00. The van der Waals surface area contributed by atoms with Crippen LogP contribution in [0.2, 0.25) is 0 Å². The van der Waals surface area contributed by atoms with E-state index < -0.39 is 29.5 Å². The first kappa shape index (κ1) is 19.3. The Labute approximate surface area is 150 Å². The molecule has 0 unspecified atom stereocenters. The average molecular weight is 360 g/mol. The van der Waals surface area contributed by atoms with E-state index in [1.807, 2.05) is 0 Å². The molecule has 138 valence electrons. The largest absolute Gasteiger partial charge is 0.480 e. The standard InChI is InChI=1S/C19H21FN2O4/c1-5-8-22-11-12(14-10-13(20)6-7-16(14)22)9-15(17(23)24)21-18(25)26-19(2,3)4/h1,6-7,10-11,15H,8-9H2,2-4H3,(H,21,25)(H,23,24)/t15-/m0/s1. The molecule has 1 amide bonds. The molecule has 26 heavy (non-hydrogen) atoms. The van der Waals surface area contributed by atoms with Crippen molar-refractivity contribution in [2.45, 2.75) is 45.4 Å². The van der Waals surface area contributed by atoms with Gasteiger partial charge in [0.05, 0.1) is 6.54 Å². The van der Waals surface area contributed by atoms with Crippen molar-refractivity contribution in [2.75, 3.05) is 0 Å². The van der Waals surface area contributed by atoms with E-state index in [1.165, 1.54) is 12.1 Å². The Bertz CT molecular complexity index is 874. The molecule has 0 saturated carbocycles. The minimum atomic E-state index is -1.22. The second-order valence-electron chi connectivity index (χ2n) is 6.89. The van der Waals surface area contributed by atoms with Gasteiger partial charge < -0.3 is 19.7 Å². The highest BCUT2D eigenvalue weighted by molar-refractivity contribution is 5.86. The van der Waals surface area contributed by atoms with Gasteiger partial charge in [-0.25, -0.2) is 14.0 Å². The zero-order chi connectivity index (χ0) is 19.5. The summed E-state index contributed by atoms with van der Waals surface area (Å²) in [7, 11) is 0. The Morgan fingerprint density at radius 3 is 2.69 bits per heavy atom. The number of aromatic nitrogens is 1.